The third kappa shape index (κ3) is 3.83. The number of carbonyl (C=O) groups is 1. The van der Waals surface area contributed by atoms with Crippen LogP contribution in [0.4, 0.5) is 17.6 Å². The first-order valence-corrected chi connectivity index (χ1v) is 7.93. The van der Waals surface area contributed by atoms with E-state index in [2.05, 4.69) is 0 Å². The van der Waals surface area contributed by atoms with E-state index in [9.17, 15) is 22.4 Å². The molecule has 25 heavy (non-hydrogen) atoms. The van der Waals surface area contributed by atoms with E-state index in [1.807, 2.05) is 0 Å². The minimum absolute atomic E-state index is 0.0714. The van der Waals surface area contributed by atoms with Crippen LogP contribution < -0.4 is 0 Å². The van der Waals surface area contributed by atoms with Crippen molar-refractivity contribution in [2.45, 2.75) is 25.1 Å². The molecule has 0 aliphatic heterocycles. The third-order valence-electron chi connectivity index (χ3n) is 4.52. The zero-order valence-corrected chi connectivity index (χ0v) is 13.6. The Morgan fingerprint density at radius 3 is 2.36 bits per heavy atom. The highest BCUT2D eigenvalue weighted by molar-refractivity contribution is 5.82. The standard InChI is InChI=1S/C19H17F4NO/c1-24(11-13-4-2-3-5-17(13)20)18(25)16-10-15(16)12-6-8-14(9-7-12)19(21,22)23/h2-9,15-16H,10-11H2,1H3. The summed E-state index contributed by atoms with van der Waals surface area (Å²) in [6.45, 7) is 0.168. The second-order valence-electron chi connectivity index (χ2n) is 6.35. The summed E-state index contributed by atoms with van der Waals surface area (Å²) >= 11 is 0. The average Bonchev–Trinajstić information content (AvgIpc) is 3.36. The molecule has 2 aromatic carbocycles. The molecule has 0 spiro atoms. The van der Waals surface area contributed by atoms with Gasteiger partial charge in [0.2, 0.25) is 5.91 Å². The maximum Gasteiger partial charge on any atom is 0.416 e. The Labute approximate surface area is 143 Å². The number of hydrogen-bond donors (Lipinski definition) is 0. The van der Waals surface area contributed by atoms with E-state index in [-0.39, 0.29) is 30.1 Å². The number of hydrogen-bond acceptors (Lipinski definition) is 1. The molecular weight excluding hydrogens is 334 g/mol. The zero-order chi connectivity index (χ0) is 18.2. The van der Waals surface area contributed by atoms with Crippen molar-refractivity contribution in [2.24, 2.45) is 5.92 Å². The quantitative estimate of drug-likeness (QED) is 0.737. The molecule has 0 radical (unpaired) electrons. The summed E-state index contributed by atoms with van der Waals surface area (Å²) < 4.78 is 51.5. The number of benzene rings is 2. The predicted molar refractivity (Wildman–Crippen MR) is 85.2 cm³/mol. The molecule has 1 saturated carbocycles. The first kappa shape index (κ1) is 17.5. The molecule has 0 saturated heterocycles. The Morgan fingerprint density at radius 1 is 1.12 bits per heavy atom. The maximum atomic E-state index is 13.7. The molecule has 1 aliphatic carbocycles. The number of carbonyl (C=O) groups excluding carboxylic acids is 1. The lowest BCUT2D eigenvalue weighted by Gasteiger charge is -2.18. The topological polar surface area (TPSA) is 20.3 Å². The van der Waals surface area contributed by atoms with Crippen molar-refractivity contribution in [3.63, 3.8) is 0 Å². The second kappa shape index (κ2) is 6.50. The van der Waals surface area contributed by atoms with Gasteiger partial charge in [0.15, 0.2) is 0 Å². The van der Waals surface area contributed by atoms with Crippen LogP contribution >= 0.6 is 0 Å². The summed E-state index contributed by atoms with van der Waals surface area (Å²) in [6.07, 6.45) is -3.76. The van der Waals surface area contributed by atoms with Gasteiger partial charge < -0.3 is 4.90 Å². The molecule has 1 fully saturated rings. The normalized spacial score (nSPS) is 19.6. The molecule has 2 atom stereocenters. The third-order valence-corrected chi connectivity index (χ3v) is 4.52. The van der Waals surface area contributed by atoms with Gasteiger partial charge in [-0.3, -0.25) is 4.79 Å². The molecule has 2 aromatic rings. The van der Waals surface area contributed by atoms with Gasteiger partial charge in [0.1, 0.15) is 5.82 Å². The van der Waals surface area contributed by atoms with Crippen molar-refractivity contribution in [2.75, 3.05) is 7.05 Å². The van der Waals surface area contributed by atoms with E-state index in [1.54, 1.807) is 25.2 Å². The molecule has 2 unspecified atom stereocenters. The summed E-state index contributed by atoms with van der Waals surface area (Å²) in [6, 6.07) is 11.2. The minimum Gasteiger partial charge on any atom is -0.341 e. The monoisotopic (exact) mass is 351 g/mol. The van der Waals surface area contributed by atoms with Crippen LogP contribution in [0.15, 0.2) is 48.5 Å². The Kier molecular flexibility index (Phi) is 4.54. The van der Waals surface area contributed by atoms with Crippen LogP contribution in [-0.4, -0.2) is 17.9 Å². The molecule has 0 N–H and O–H groups in total. The van der Waals surface area contributed by atoms with E-state index < -0.39 is 11.7 Å². The first-order chi connectivity index (χ1) is 11.8. The van der Waals surface area contributed by atoms with E-state index >= 15 is 0 Å². The SMILES string of the molecule is CN(Cc1ccccc1F)C(=O)C1CC1c1ccc(C(F)(F)F)cc1. The van der Waals surface area contributed by atoms with Crippen molar-refractivity contribution in [3.8, 4) is 0 Å². The molecule has 1 amide bonds. The van der Waals surface area contributed by atoms with E-state index in [0.29, 0.717) is 12.0 Å². The maximum absolute atomic E-state index is 13.7. The summed E-state index contributed by atoms with van der Waals surface area (Å²) in [5, 5.41) is 0. The predicted octanol–water partition coefficient (Wildman–Crippen LogP) is 4.61. The van der Waals surface area contributed by atoms with Gasteiger partial charge in [0.05, 0.1) is 5.56 Å². The lowest BCUT2D eigenvalue weighted by molar-refractivity contribution is -0.137. The van der Waals surface area contributed by atoms with Crippen molar-refractivity contribution < 1.29 is 22.4 Å². The second-order valence-corrected chi connectivity index (χ2v) is 6.35. The highest BCUT2D eigenvalue weighted by Gasteiger charge is 2.45. The Hall–Kier alpha value is -2.37. The van der Waals surface area contributed by atoms with Crippen LogP contribution in [0, 0.1) is 11.7 Å². The summed E-state index contributed by atoms with van der Waals surface area (Å²) in [4.78, 5) is 13.9. The van der Waals surface area contributed by atoms with Gasteiger partial charge >= 0.3 is 6.18 Å². The molecule has 0 aromatic heterocycles. The van der Waals surface area contributed by atoms with Gasteiger partial charge in [-0.15, -0.1) is 0 Å². The molecule has 3 rings (SSSR count). The largest absolute Gasteiger partial charge is 0.416 e. The number of rotatable bonds is 4. The lowest BCUT2D eigenvalue weighted by Crippen LogP contribution is -2.28. The van der Waals surface area contributed by atoms with E-state index in [4.69, 9.17) is 0 Å². The molecule has 0 heterocycles. The van der Waals surface area contributed by atoms with Crippen LogP contribution in [0.2, 0.25) is 0 Å². The molecule has 0 bridgehead atoms. The lowest BCUT2D eigenvalue weighted by atomic mass is 10.1. The van der Waals surface area contributed by atoms with Crippen molar-refractivity contribution in [3.05, 3.63) is 71.0 Å². The van der Waals surface area contributed by atoms with Gasteiger partial charge in [-0.1, -0.05) is 30.3 Å². The summed E-state index contributed by atoms with van der Waals surface area (Å²) in [7, 11) is 1.61. The van der Waals surface area contributed by atoms with Crippen LogP contribution in [-0.2, 0) is 17.5 Å². The van der Waals surface area contributed by atoms with Gasteiger partial charge in [0, 0.05) is 25.1 Å². The van der Waals surface area contributed by atoms with E-state index in [0.717, 1.165) is 17.7 Å². The summed E-state index contributed by atoms with van der Waals surface area (Å²) in [5.41, 5.74) is 0.465. The minimum atomic E-state index is -4.36. The molecule has 1 aliphatic rings. The molecule has 2 nitrogen and oxygen atoms in total. The molecule has 6 heteroatoms. The van der Waals surface area contributed by atoms with Crippen LogP contribution in [0.5, 0.6) is 0 Å². The molecular formula is C19H17F4NO. The van der Waals surface area contributed by atoms with Gasteiger partial charge in [0.25, 0.3) is 0 Å². The van der Waals surface area contributed by atoms with Gasteiger partial charge in [-0.2, -0.15) is 13.2 Å². The number of halogens is 4. The Morgan fingerprint density at radius 2 is 1.76 bits per heavy atom. The first-order valence-electron chi connectivity index (χ1n) is 7.93. The van der Waals surface area contributed by atoms with Crippen LogP contribution in [0.1, 0.15) is 29.0 Å². The highest BCUT2D eigenvalue weighted by atomic mass is 19.4. The average molecular weight is 351 g/mol. The van der Waals surface area contributed by atoms with Crippen LogP contribution in [0.25, 0.3) is 0 Å². The van der Waals surface area contributed by atoms with Crippen molar-refractivity contribution >= 4 is 5.91 Å². The Balaban J connectivity index is 1.63. The Bertz CT molecular complexity index is 770. The van der Waals surface area contributed by atoms with Gasteiger partial charge in [-0.25, -0.2) is 4.39 Å². The number of nitrogens with zero attached hydrogens (tertiary/aromatic N) is 1. The fraction of sp³-hybridized carbons (Fsp3) is 0.316. The highest BCUT2D eigenvalue weighted by Crippen LogP contribution is 2.48. The number of alkyl halides is 3. The van der Waals surface area contributed by atoms with Crippen molar-refractivity contribution in [1.29, 1.82) is 0 Å². The van der Waals surface area contributed by atoms with Gasteiger partial charge in [-0.05, 0) is 36.1 Å². The molecule has 132 valence electrons. The number of amides is 1. The van der Waals surface area contributed by atoms with E-state index in [1.165, 1.54) is 23.1 Å². The van der Waals surface area contributed by atoms with Crippen LogP contribution in [0.3, 0.4) is 0 Å². The fourth-order valence-electron chi connectivity index (χ4n) is 3.00. The smallest absolute Gasteiger partial charge is 0.341 e. The van der Waals surface area contributed by atoms with Crippen molar-refractivity contribution in [1.82, 2.24) is 4.90 Å². The fourth-order valence-corrected chi connectivity index (χ4v) is 3.00. The zero-order valence-electron chi connectivity index (χ0n) is 13.6. The summed E-state index contributed by atoms with van der Waals surface area (Å²) in [5.74, 6) is -0.809.